The van der Waals surface area contributed by atoms with Crippen LogP contribution in [0.15, 0.2) is 24.3 Å². The molecule has 5 nitrogen and oxygen atoms in total. The summed E-state index contributed by atoms with van der Waals surface area (Å²) >= 11 is 1.46. The van der Waals surface area contributed by atoms with Crippen LogP contribution in [-0.2, 0) is 17.6 Å². The van der Waals surface area contributed by atoms with Crippen LogP contribution in [0, 0.1) is 0 Å². The van der Waals surface area contributed by atoms with E-state index in [2.05, 4.69) is 16.0 Å². The first-order valence-electron chi connectivity index (χ1n) is 9.04. The fraction of sp³-hybridized carbons (Fsp3) is 0.474. The number of carbonyl (C=O) groups is 1. The van der Waals surface area contributed by atoms with Crippen LogP contribution in [0.4, 0.5) is 10.8 Å². The highest BCUT2D eigenvalue weighted by atomic mass is 32.1. The van der Waals surface area contributed by atoms with Gasteiger partial charge in [0.15, 0.2) is 5.13 Å². The highest BCUT2D eigenvalue weighted by Gasteiger charge is 2.25. The number of nitrogens with zero attached hydrogens (tertiary/aromatic N) is 3. The second-order valence-corrected chi connectivity index (χ2v) is 7.81. The predicted octanol–water partition coefficient (Wildman–Crippen LogP) is 3.36. The first-order valence-corrected chi connectivity index (χ1v) is 9.86. The molecule has 6 heteroatoms. The largest absolute Gasteiger partial charge is 0.492 e. The molecule has 1 aromatic carbocycles. The van der Waals surface area contributed by atoms with Gasteiger partial charge in [-0.05, 0) is 43.7 Å². The third kappa shape index (κ3) is 3.35. The first-order chi connectivity index (χ1) is 12.2. The summed E-state index contributed by atoms with van der Waals surface area (Å²) in [5.41, 5.74) is 2.24. The number of hydrogen-bond donors (Lipinski definition) is 1. The van der Waals surface area contributed by atoms with Crippen molar-refractivity contribution in [2.45, 2.75) is 38.5 Å². The number of para-hydroxylation sites is 1. The number of anilines is 2. The molecule has 1 N–H and O–H groups in total. The summed E-state index contributed by atoms with van der Waals surface area (Å²) in [7, 11) is 0. The van der Waals surface area contributed by atoms with Gasteiger partial charge in [0.1, 0.15) is 0 Å². The van der Waals surface area contributed by atoms with Crippen molar-refractivity contribution in [3.05, 3.63) is 34.7 Å². The topological polar surface area (TPSA) is 56.7 Å². The number of carbonyl (C=O) groups excluding carboxylic acids is 1. The normalized spacial score (nSPS) is 17.4. The maximum atomic E-state index is 12.8. The molecule has 1 fully saturated rings. The van der Waals surface area contributed by atoms with Crippen molar-refractivity contribution >= 4 is 28.1 Å². The summed E-state index contributed by atoms with van der Waals surface area (Å²) in [4.78, 5) is 21.9. The Morgan fingerprint density at radius 3 is 2.76 bits per heavy atom. The number of aryl methyl sites for hydroxylation is 1. The molecule has 0 atom stereocenters. The zero-order chi connectivity index (χ0) is 17.2. The minimum absolute atomic E-state index is 0.0178. The van der Waals surface area contributed by atoms with Crippen LogP contribution in [0.1, 0.15) is 36.1 Å². The maximum absolute atomic E-state index is 12.8. The Bertz CT molecular complexity index is 768. The van der Waals surface area contributed by atoms with Gasteiger partial charge in [0.05, 0.1) is 11.3 Å². The maximum Gasteiger partial charge on any atom is 0.232 e. The van der Waals surface area contributed by atoms with E-state index in [0.29, 0.717) is 4.88 Å². The van der Waals surface area contributed by atoms with Crippen LogP contribution < -0.4 is 9.80 Å². The lowest BCUT2D eigenvalue weighted by atomic mass is 10.0. The van der Waals surface area contributed by atoms with E-state index in [-0.39, 0.29) is 18.2 Å². The van der Waals surface area contributed by atoms with Crippen molar-refractivity contribution in [2.75, 3.05) is 29.4 Å². The average Bonchev–Trinajstić information content (AvgIpc) is 3.02. The Morgan fingerprint density at radius 2 is 1.92 bits per heavy atom. The molecule has 25 heavy (non-hydrogen) atoms. The molecule has 0 radical (unpaired) electrons. The number of hydrogen-bond acceptors (Lipinski definition) is 5. The van der Waals surface area contributed by atoms with Gasteiger partial charge in [-0.1, -0.05) is 29.5 Å². The fourth-order valence-electron chi connectivity index (χ4n) is 3.69. The molecule has 2 aromatic rings. The molecule has 2 aliphatic rings. The van der Waals surface area contributed by atoms with Gasteiger partial charge in [-0.2, -0.15) is 4.98 Å². The molecule has 4 rings (SSSR count). The summed E-state index contributed by atoms with van der Waals surface area (Å²) in [6.45, 7) is 2.72. The number of amides is 1. The molecule has 0 saturated carbocycles. The quantitative estimate of drug-likeness (QED) is 0.915. The van der Waals surface area contributed by atoms with Gasteiger partial charge in [0.2, 0.25) is 11.8 Å². The lowest BCUT2D eigenvalue weighted by Crippen LogP contribution is -2.36. The van der Waals surface area contributed by atoms with E-state index < -0.39 is 0 Å². The summed E-state index contributed by atoms with van der Waals surface area (Å²) in [6, 6.07) is 8.10. The van der Waals surface area contributed by atoms with Gasteiger partial charge in [-0.15, -0.1) is 0 Å². The van der Waals surface area contributed by atoms with Crippen molar-refractivity contribution in [1.29, 1.82) is 0 Å². The highest BCUT2D eigenvalue weighted by molar-refractivity contribution is 7.16. The van der Waals surface area contributed by atoms with E-state index in [1.165, 1.54) is 36.2 Å². The highest BCUT2D eigenvalue weighted by Crippen LogP contribution is 2.34. The average molecular weight is 357 g/mol. The van der Waals surface area contributed by atoms with Gasteiger partial charge in [-0.25, -0.2) is 0 Å². The standard InChI is InChI=1S/C19H23N3O2S/c23-17(22-12-6-8-14-7-2-3-9-15(14)22)13-16-18(24)20-19(25-16)21-10-4-1-5-11-21/h2-3,7,9,24H,1,4-6,8,10-13H2. The lowest BCUT2D eigenvalue weighted by molar-refractivity contribution is -0.118. The van der Waals surface area contributed by atoms with Crippen molar-refractivity contribution in [3.63, 3.8) is 0 Å². The Hall–Kier alpha value is -2.08. The molecular formula is C19H23N3O2S. The Balaban J connectivity index is 1.51. The van der Waals surface area contributed by atoms with Gasteiger partial charge >= 0.3 is 0 Å². The summed E-state index contributed by atoms with van der Waals surface area (Å²) < 4.78 is 0. The Morgan fingerprint density at radius 1 is 1.12 bits per heavy atom. The zero-order valence-corrected chi connectivity index (χ0v) is 15.1. The fourth-order valence-corrected chi connectivity index (χ4v) is 4.69. The zero-order valence-electron chi connectivity index (χ0n) is 14.3. The van der Waals surface area contributed by atoms with E-state index in [1.54, 1.807) is 0 Å². The summed E-state index contributed by atoms with van der Waals surface area (Å²) in [5.74, 6) is 0.0560. The monoisotopic (exact) mass is 357 g/mol. The first kappa shape index (κ1) is 16.4. The van der Waals surface area contributed by atoms with Gasteiger partial charge in [0, 0.05) is 25.3 Å². The summed E-state index contributed by atoms with van der Waals surface area (Å²) in [6.07, 6.45) is 5.80. The number of rotatable bonds is 3. The molecule has 0 aliphatic carbocycles. The second-order valence-electron chi connectivity index (χ2n) is 6.75. The van der Waals surface area contributed by atoms with Crippen molar-refractivity contribution < 1.29 is 9.90 Å². The van der Waals surface area contributed by atoms with E-state index in [4.69, 9.17) is 0 Å². The van der Waals surface area contributed by atoms with Crippen molar-refractivity contribution in [2.24, 2.45) is 0 Å². The molecule has 1 saturated heterocycles. The molecule has 3 heterocycles. The van der Waals surface area contributed by atoms with E-state index in [9.17, 15) is 9.90 Å². The summed E-state index contributed by atoms with van der Waals surface area (Å²) in [5, 5.41) is 11.1. The molecule has 1 aromatic heterocycles. The molecule has 132 valence electrons. The van der Waals surface area contributed by atoms with Crippen molar-refractivity contribution in [1.82, 2.24) is 4.98 Å². The van der Waals surface area contributed by atoms with Gasteiger partial charge < -0.3 is 14.9 Å². The molecular weight excluding hydrogens is 334 g/mol. The predicted molar refractivity (Wildman–Crippen MR) is 101 cm³/mol. The molecule has 0 bridgehead atoms. The number of aromatic nitrogens is 1. The lowest BCUT2D eigenvalue weighted by Gasteiger charge is -2.29. The minimum atomic E-state index is 0.0178. The molecule has 2 aliphatic heterocycles. The number of fused-ring (bicyclic) bond motifs is 1. The third-order valence-corrected chi connectivity index (χ3v) is 6.12. The van der Waals surface area contributed by atoms with Gasteiger partial charge in [-0.3, -0.25) is 4.79 Å². The molecule has 1 amide bonds. The van der Waals surface area contributed by atoms with E-state index in [1.807, 2.05) is 23.1 Å². The van der Waals surface area contributed by atoms with Crippen LogP contribution in [0.3, 0.4) is 0 Å². The van der Waals surface area contributed by atoms with E-state index >= 15 is 0 Å². The second kappa shape index (κ2) is 7.04. The van der Waals surface area contributed by atoms with Crippen LogP contribution >= 0.6 is 11.3 Å². The number of thiazole rings is 1. The Labute approximate surface area is 151 Å². The van der Waals surface area contributed by atoms with Crippen LogP contribution in [-0.4, -0.2) is 35.6 Å². The molecule has 0 spiro atoms. The Kier molecular flexibility index (Phi) is 4.61. The molecule has 0 unspecified atom stereocenters. The number of benzene rings is 1. The van der Waals surface area contributed by atoms with Crippen LogP contribution in [0.5, 0.6) is 5.88 Å². The minimum Gasteiger partial charge on any atom is -0.492 e. The van der Waals surface area contributed by atoms with Crippen molar-refractivity contribution in [3.8, 4) is 5.88 Å². The van der Waals surface area contributed by atoms with E-state index in [0.717, 1.165) is 43.3 Å². The third-order valence-electron chi connectivity index (χ3n) is 5.02. The van der Waals surface area contributed by atoms with Crippen LogP contribution in [0.2, 0.25) is 0 Å². The smallest absolute Gasteiger partial charge is 0.232 e. The SMILES string of the molecule is O=C(Cc1sc(N2CCCCC2)nc1O)N1CCCc2ccccc21. The van der Waals surface area contributed by atoms with Gasteiger partial charge in [0.25, 0.3) is 0 Å². The van der Waals surface area contributed by atoms with Crippen LogP contribution in [0.25, 0.3) is 0 Å². The number of aromatic hydroxyl groups is 1. The number of piperidine rings is 1.